The predicted molar refractivity (Wildman–Crippen MR) is 117 cm³/mol. The molecule has 4 rings (SSSR count). The molecule has 4 atom stereocenters. The molecule has 0 aromatic heterocycles. The number of amides is 2. The molecule has 10 heteroatoms. The third-order valence-corrected chi connectivity index (χ3v) is 5.53. The maximum atomic E-state index is 12.9. The van der Waals surface area contributed by atoms with E-state index in [9.17, 15) is 9.59 Å². The van der Waals surface area contributed by atoms with Gasteiger partial charge in [0.05, 0.1) is 40.6 Å². The Morgan fingerprint density at radius 2 is 1.58 bits per heavy atom. The lowest BCUT2D eigenvalue weighted by atomic mass is 10.1. The Kier molecular flexibility index (Phi) is 6.85. The molecular formula is C23H26N2O8. The van der Waals surface area contributed by atoms with Crippen molar-refractivity contribution in [1.82, 2.24) is 5.32 Å². The van der Waals surface area contributed by atoms with Crippen molar-refractivity contribution >= 4 is 17.7 Å². The molecule has 2 aliphatic rings. The van der Waals surface area contributed by atoms with E-state index in [1.165, 1.54) is 21.3 Å². The highest BCUT2D eigenvalue weighted by atomic mass is 16.6. The summed E-state index contributed by atoms with van der Waals surface area (Å²) < 4.78 is 33.0. The summed E-state index contributed by atoms with van der Waals surface area (Å²) in [5, 5.41) is 5.59. The standard InChI is InChI=1S/C23H26N2O8/c1-28-16-9-13(10-17(29-2)20(16)30-3)22(26)25-15-11-31-21-18(12-32-19(15)21)33-23(27)24-14-7-5-4-6-8-14/h4-10,15,18-19,21H,11-12H2,1-3H3,(H,24,27)(H,25,26). The molecule has 0 spiro atoms. The Labute approximate surface area is 191 Å². The number of para-hydroxylation sites is 1. The van der Waals surface area contributed by atoms with Gasteiger partial charge in [-0.25, -0.2) is 4.79 Å². The normalized spacial score (nSPS) is 23.4. The average Bonchev–Trinajstić information content (AvgIpc) is 3.41. The monoisotopic (exact) mass is 458 g/mol. The van der Waals surface area contributed by atoms with E-state index < -0.39 is 30.4 Å². The van der Waals surface area contributed by atoms with Gasteiger partial charge >= 0.3 is 6.09 Å². The van der Waals surface area contributed by atoms with Gasteiger partial charge in [0.2, 0.25) is 5.75 Å². The zero-order valence-corrected chi connectivity index (χ0v) is 18.5. The van der Waals surface area contributed by atoms with Crippen LogP contribution in [-0.2, 0) is 14.2 Å². The van der Waals surface area contributed by atoms with Gasteiger partial charge in [-0.3, -0.25) is 10.1 Å². The fraction of sp³-hybridized carbons (Fsp3) is 0.391. The number of nitrogens with one attached hydrogen (secondary N) is 2. The van der Waals surface area contributed by atoms with E-state index in [1.54, 1.807) is 24.3 Å². The Morgan fingerprint density at radius 3 is 2.21 bits per heavy atom. The molecule has 0 saturated carbocycles. The van der Waals surface area contributed by atoms with E-state index in [0.717, 1.165) is 0 Å². The van der Waals surface area contributed by atoms with Gasteiger partial charge in [0.15, 0.2) is 17.6 Å². The summed E-state index contributed by atoms with van der Waals surface area (Å²) in [6.07, 6.45) is -2.09. The van der Waals surface area contributed by atoms with Crippen molar-refractivity contribution in [2.45, 2.75) is 24.4 Å². The minimum absolute atomic E-state index is 0.175. The first kappa shape index (κ1) is 22.7. The molecular weight excluding hydrogens is 432 g/mol. The first-order valence-electron chi connectivity index (χ1n) is 10.4. The summed E-state index contributed by atoms with van der Waals surface area (Å²) in [6, 6.07) is 11.7. The van der Waals surface area contributed by atoms with Gasteiger partial charge in [-0.1, -0.05) is 18.2 Å². The number of ether oxygens (including phenoxy) is 6. The SMILES string of the molecule is COc1cc(C(=O)NC2COC3C(OC(=O)Nc4ccccc4)COC23)cc(OC)c1OC. The van der Waals surface area contributed by atoms with Crippen LogP contribution >= 0.6 is 0 Å². The van der Waals surface area contributed by atoms with Crippen LogP contribution in [0, 0.1) is 0 Å². The fourth-order valence-electron chi connectivity index (χ4n) is 3.96. The minimum Gasteiger partial charge on any atom is -0.493 e. The first-order valence-corrected chi connectivity index (χ1v) is 10.4. The van der Waals surface area contributed by atoms with Crippen molar-refractivity contribution in [2.75, 3.05) is 39.9 Å². The Hall–Kier alpha value is -3.50. The molecule has 4 unspecified atom stereocenters. The maximum Gasteiger partial charge on any atom is 0.412 e. The van der Waals surface area contributed by atoms with Gasteiger partial charge in [0.1, 0.15) is 12.2 Å². The topological polar surface area (TPSA) is 114 Å². The number of hydrogen-bond acceptors (Lipinski definition) is 8. The zero-order chi connectivity index (χ0) is 23.4. The number of fused-ring (bicyclic) bond motifs is 1. The van der Waals surface area contributed by atoms with Gasteiger partial charge in [-0.05, 0) is 24.3 Å². The van der Waals surface area contributed by atoms with E-state index in [4.69, 9.17) is 28.4 Å². The van der Waals surface area contributed by atoms with Crippen molar-refractivity contribution in [2.24, 2.45) is 0 Å². The van der Waals surface area contributed by atoms with Crippen LogP contribution in [0.3, 0.4) is 0 Å². The number of carbonyl (C=O) groups is 2. The van der Waals surface area contributed by atoms with Crippen molar-refractivity contribution in [3.8, 4) is 17.2 Å². The predicted octanol–water partition coefficient (Wildman–Crippen LogP) is 2.23. The maximum absolute atomic E-state index is 12.9. The highest BCUT2D eigenvalue weighted by Crippen LogP contribution is 2.38. The molecule has 176 valence electrons. The van der Waals surface area contributed by atoms with Gasteiger partial charge in [-0.15, -0.1) is 0 Å². The molecule has 2 saturated heterocycles. The largest absolute Gasteiger partial charge is 0.493 e. The van der Waals surface area contributed by atoms with Crippen LogP contribution in [0.5, 0.6) is 17.2 Å². The summed E-state index contributed by atoms with van der Waals surface area (Å²) in [5.41, 5.74) is 0.960. The van der Waals surface area contributed by atoms with Gasteiger partial charge in [0.25, 0.3) is 5.91 Å². The van der Waals surface area contributed by atoms with Crippen molar-refractivity contribution in [3.05, 3.63) is 48.0 Å². The third kappa shape index (κ3) is 4.81. The van der Waals surface area contributed by atoms with Crippen molar-refractivity contribution < 1.29 is 38.0 Å². The number of rotatable bonds is 7. The minimum atomic E-state index is -0.594. The van der Waals surface area contributed by atoms with E-state index in [1.807, 2.05) is 18.2 Å². The molecule has 2 heterocycles. The van der Waals surface area contributed by atoms with E-state index in [0.29, 0.717) is 28.5 Å². The second-order valence-electron chi connectivity index (χ2n) is 7.52. The summed E-state index contributed by atoms with van der Waals surface area (Å²) in [5.74, 6) is 0.794. The molecule has 10 nitrogen and oxygen atoms in total. The molecule has 2 N–H and O–H groups in total. The van der Waals surface area contributed by atoms with Gasteiger partial charge in [0, 0.05) is 11.3 Å². The molecule has 0 aliphatic carbocycles. The molecule has 2 aliphatic heterocycles. The summed E-state index contributed by atoms with van der Waals surface area (Å²) in [7, 11) is 4.45. The Morgan fingerprint density at radius 1 is 0.909 bits per heavy atom. The van der Waals surface area contributed by atoms with Crippen LogP contribution < -0.4 is 24.8 Å². The second kappa shape index (κ2) is 9.97. The number of carbonyl (C=O) groups excluding carboxylic acids is 2. The Bertz CT molecular complexity index is 974. The number of anilines is 1. The lowest BCUT2D eigenvalue weighted by molar-refractivity contribution is 0.00862. The lowest BCUT2D eigenvalue weighted by Crippen LogP contribution is -2.44. The smallest absolute Gasteiger partial charge is 0.412 e. The van der Waals surface area contributed by atoms with Crippen LogP contribution in [0.4, 0.5) is 10.5 Å². The van der Waals surface area contributed by atoms with Crippen molar-refractivity contribution in [1.29, 1.82) is 0 Å². The quantitative estimate of drug-likeness (QED) is 0.650. The molecule has 2 fully saturated rings. The first-order chi connectivity index (χ1) is 16.0. The van der Waals surface area contributed by atoms with Gasteiger partial charge in [-0.2, -0.15) is 0 Å². The van der Waals surface area contributed by atoms with Crippen LogP contribution in [-0.4, -0.2) is 70.9 Å². The summed E-state index contributed by atoms with van der Waals surface area (Å²) >= 11 is 0. The second-order valence-corrected chi connectivity index (χ2v) is 7.52. The highest BCUT2D eigenvalue weighted by Gasteiger charge is 2.50. The third-order valence-electron chi connectivity index (χ3n) is 5.53. The average molecular weight is 458 g/mol. The lowest BCUT2D eigenvalue weighted by Gasteiger charge is -2.19. The van der Waals surface area contributed by atoms with Crippen molar-refractivity contribution in [3.63, 3.8) is 0 Å². The summed E-state index contributed by atoms with van der Waals surface area (Å²) in [6.45, 7) is 0.403. The highest BCUT2D eigenvalue weighted by molar-refractivity contribution is 5.96. The fourth-order valence-corrected chi connectivity index (χ4v) is 3.96. The van der Waals surface area contributed by atoms with Crippen LogP contribution in [0.25, 0.3) is 0 Å². The van der Waals surface area contributed by atoms with Crippen LogP contribution in [0.15, 0.2) is 42.5 Å². The number of methoxy groups -OCH3 is 3. The van der Waals surface area contributed by atoms with Crippen LogP contribution in [0.2, 0.25) is 0 Å². The van der Waals surface area contributed by atoms with E-state index >= 15 is 0 Å². The molecule has 2 aromatic carbocycles. The molecule has 33 heavy (non-hydrogen) atoms. The zero-order valence-electron chi connectivity index (χ0n) is 18.5. The van der Waals surface area contributed by atoms with E-state index in [2.05, 4.69) is 10.6 Å². The number of benzene rings is 2. The van der Waals surface area contributed by atoms with Gasteiger partial charge < -0.3 is 33.7 Å². The Balaban J connectivity index is 1.37. The van der Waals surface area contributed by atoms with E-state index in [-0.39, 0.29) is 19.1 Å². The molecule has 2 aromatic rings. The molecule has 0 bridgehead atoms. The molecule has 0 radical (unpaired) electrons. The summed E-state index contributed by atoms with van der Waals surface area (Å²) in [4.78, 5) is 25.1. The number of hydrogen-bond donors (Lipinski definition) is 2. The molecule has 2 amide bonds. The van der Waals surface area contributed by atoms with Crippen LogP contribution in [0.1, 0.15) is 10.4 Å².